The van der Waals surface area contributed by atoms with Crippen LogP contribution in [0.5, 0.6) is 0 Å². The fourth-order valence-electron chi connectivity index (χ4n) is 3.88. The fraction of sp³-hybridized carbons (Fsp3) is 0.154. The highest BCUT2D eigenvalue weighted by Gasteiger charge is 2.22. The minimum Gasteiger partial charge on any atom is -0.465 e. The Morgan fingerprint density at radius 2 is 1.33 bits per heavy atom. The number of rotatable bonds is 6. The number of carbonyl (C=O) groups excluding carboxylic acids is 1. The van der Waals surface area contributed by atoms with Gasteiger partial charge in [0.15, 0.2) is 0 Å². The van der Waals surface area contributed by atoms with Crippen LogP contribution in [0.15, 0.2) is 89.7 Å². The monoisotopic (exact) mass is 397 g/mol. The molecule has 0 saturated carbocycles. The Hall–Kier alpha value is -3.66. The zero-order chi connectivity index (χ0) is 20.9. The molecule has 0 saturated heterocycles. The lowest BCUT2D eigenvalue weighted by molar-refractivity contribution is 0.0600. The van der Waals surface area contributed by atoms with E-state index in [0.29, 0.717) is 35.0 Å². The first-order valence-corrected chi connectivity index (χ1v) is 9.99. The third-order valence-corrected chi connectivity index (χ3v) is 5.35. The predicted octanol–water partition coefficient (Wildman–Crippen LogP) is 4.62. The molecule has 4 rings (SSSR count). The maximum absolute atomic E-state index is 13.4. The molecule has 0 bridgehead atoms. The molecule has 4 nitrogen and oxygen atoms in total. The highest BCUT2D eigenvalue weighted by molar-refractivity contribution is 6.05. The minimum atomic E-state index is -0.420. The molecule has 30 heavy (non-hydrogen) atoms. The van der Waals surface area contributed by atoms with E-state index < -0.39 is 5.97 Å². The van der Waals surface area contributed by atoms with Crippen LogP contribution < -0.4 is 5.56 Å². The van der Waals surface area contributed by atoms with Crippen LogP contribution in [-0.4, -0.2) is 17.6 Å². The van der Waals surface area contributed by atoms with E-state index in [2.05, 4.69) is 12.1 Å². The largest absolute Gasteiger partial charge is 0.465 e. The Morgan fingerprint density at radius 1 is 0.767 bits per heavy atom. The van der Waals surface area contributed by atoms with Crippen molar-refractivity contribution in [2.24, 2.45) is 0 Å². The number of pyridine rings is 1. The molecule has 0 atom stereocenters. The number of benzene rings is 3. The number of fused-ring (bicyclic) bond motifs is 1. The number of carbonyl (C=O) groups is 1. The number of methoxy groups -OCH3 is 1. The summed E-state index contributed by atoms with van der Waals surface area (Å²) >= 11 is 0. The van der Waals surface area contributed by atoms with Gasteiger partial charge < -0.3 is 9.30 Å². The second-order valence-electron chi connectivity index (χ2n) is 7.22. The second kappa shape index (κ2) is 8.78. The molecule has 0 amide bonds. The van der Waals surface area contributed by atoms with Gasteiger partial charge in [0.25, 0.3) is 5.56 Å². The lowest BCUT2D eigenvalue weighted by Crippen LogP contribution is -2.28. The number of esters is 1. The summed E-state index contributed by atoms with van der Waals surface area (Å²) in [6.45, 7) is 0.401. The number of aryl methyl sites for hydroxylation is 1. The van der Waals surface area contributed by atoms with Gasteiger partial charge in [-0.05, 0) is 30.0 Å². The third-order valence-electron chi connectivity index (χ3n) is 5.35. The lowest BCUT2D eigenvalue weighted by Gasteiger charge is -2.19. The molecule has 0 N–H and O–H groups in total. The van der Waals surface area contributed by atoms with E-state index >= 15 is 0 Å². The van der Waals surface area contributed by atoms with E-state index in [1.165, 1.54) is 7.11 Å². The lowest BCUT2D eigenvalue weighted by atomic mass is 9.98. The van der Waals surface area contributed by atoms with Gasteiger partial charge in [0.2, 0.25) is 0 Å². The van der Waals surface area contributed by atoms with E-state index in [9.17, 15) is 9.59 Å². The van der Waals surface area contributed by atoms with Crippen LogP contribution in [0.3, 0.4) is 0 Å². The zero-order valence-corrected chi connectivity index (χ0v) is 16.9. The van der Waals surface area contributed by atoms with Gasteiger partial charge in [-0.1, -0.05) is 78.9 Å². The molecule has 0 aliphatic rings. The van der Waals surface area contributed by atoms with E-state index in [0.717, 1.165) is 17.5 Å². The van der Waals surface area contributed by atoms with Crippen molar-refractivity contribution in [1.29, 1.82) is 0 Å². The van der Waals surface area contributed by atoms with Crippen molar-refractivity contribution in [2.45, 2.75) is 19.4 Å². The van der Waals surface area contributed by atoms with Gasteiger partial charge in [-0.15, -0.1) is 0 Å². The average molecular weight is 397 g/mol. The first kappa shape index (κ1) is 19.6. The summed E-state index contributed by atoms with van der Waals surface area (Å²) in [7, 11) is 1.38. The smallest absolute Gasteiger partial charge is 0.340 e. The standard InChI is InChI=1S/C26H23NO3/c1-30-26(29)24-21-14-8-9-15-22(21)25(28)27(18-20-12-6-3-7-13-20)23(24)17-16-19-10-4-2-5-11-19/h2-15H,16-18H2,1H3. The van der Waals surface area contributed by atoms with Crippen LogP contribution in [0, 0.1) is 0 Å². The first-order valence-electron chi connectivity index (χ1n) is 9.99. The Balaban J connectivity index is 1.92. The summed E-state index contributed by atoms with van der Waals surface area (Å²) in [6, 6.07) is 27.2. The van der Waals surface area contributed by atoms with Crippen molar-refractivity contribution in [3.63, 3.8) is 0 Å². The average Bonchev–Trinajstić information content (AvgIpc) is 2.80. The van der Waals surface area contributed by atoms with Crippen molar-refractivity contribution >= 4 is 16.7 Å². The predicted molar refractivity (Wildman–Crippen MR) is 119 cm³/mol. The van der Waals surface area contributed by atoms with Crippen molar-refractivity contribution in [2.75, 3.05) is 7.11 Å². The second-order valence-corrected chi connectivity index (χ2v) is 7.22. The van der Waals surface area contributed by atoms with Gasteiger partial charge in [-0.3, -0.25) is 4.79 Å². The molecule has 4 heteroatoms. The quantitative estimate of drug-likeness (QED) is 0.446. The Kier molecular flexibility index (Phi) is 5.75. The highest BCUT2D eigenvalue weighted by Crippen LogP contribution is 2.23. The molecular weight excluding hydrogens is 374 g/mol. The molecule has 4 aromatic rings. The molecule has 0 spiro atoms. The van der Waals surface area contributed by atoms with Crippen molar-refractivity contribution in [3.8, 4) is 0 Å². The Labute approximate surface area is 175 Å². The normalized spacial score (nSPS) is 10.8. The van der Waals surface area contributed by atoms with Crippen LogP contribution >= 0.6 is 0 Å². The molecule has 150 valence electrons. The molecule has 0 fully saturated rings. The van der Waals surface area contributed by atoms with Crippen LogP contribution in [-0.2, 0) is 24.1 Å². The Bertz CT molecular complexity index is 1230. The molecule has 0 aliphatic heterocycles. The number of ether oxygens (including phenoxy) is 1. The maximum atomic E-state index is 13.4. The van der Waals surface area contributed by atoms with Crippen molar-refractivity contribution in [3.05, 3.63) is 118 Å². The van der Waals surface area contributed by atoms with Crippen LogP contribution in [0.2, 0.25) is 0 Å². The summed E-state index contributed by atoms with van der Waals surface area (Å²) < 4.78 is 6.86. The SMILES string of the molecule is COC(=O)c1c(CCc2ccccc2)n(Cc2ccccc2)c(=O)c2ccccc12. The first-order chi connectivity index (χ1) is 14.7. The van der Waals surface area contributed by atoms with Crippen LogP contribution in [0.25, 0.3) is 10.8 Å². The van der Waals surface area contributed by atoms with Crippen molar-refractivity contribution in [1.82, 2.24) is 4.57 Å². The van der Waals surface area contributed by atoms with Gasteiger partial charge in [0, 0.05) is 16.5 Å². The van der Waals surface area contributed by atoms with Gasteiger partial charge >= 0.3 is 5.97 Å². The number of aromatic nitrogens is 1. The molecule has 0 radical (unpaired) electrons. The minimum absolute atomic E-state index is 0.0924. The van der Waals surface area contributed by atoms with Crippen molar-refractivity contribution < 1.29 is 9.53 Å². The van der Waals surface area contributed by atoms with Gasteiger partial charge in [0.1, 0.15) is 0 Å². The van der Waals surface area contributed by atoms with Crippen LogP contribution in [0.1, 0.15) is 27.2 Å². The molecule has 0 aliphatic carbocycles. The third kappa shape index (κ3) is 3.90. The number of hydrogen-bond donors (Lipinski definition) is 0. The number of nitrogens with zero attached hydrogens (tertiary/aromatic N) is 1. The summed E-state index contributed by atoms with van der Waals surface area (Å²) in [4.78, 5) is 26.3. The van der Waals surface area contributed by atoms with Crippen LogP contribution in [0.4, 0.5) is 0 Å². The zero-order valence-electron chi connectivity index (χ0n) is 16.9. The van der Waals surface area contributed by atoms with E-state index in [4.69, 9.17) is 4.74 Å². The summed E-state index contributed by atoms with van der Waals surface area (Å²) in [5.41, 5.74) is 3.25. The number of hydrogen-bond acceptors (Lipinski definition) is 3. The van der Waals surface area contributed by atoms with Gasteiger partial charge in [-0.2, -0.15) is 0 Å². The molecule has 0 unspecified atom stereocenters. The summed E-state index contributed by atoms with van der Waals surface area (Å²) in [6.07, 6.45) is 1.28. The molecule has 1 aromatic heterocycles. The topological polar surface area (TPSA) is 48.3 Å². The fourth-order valence-corrected chi connectivity index (χ4v) is 3.88. The molecule has 1 heterocycles. The summed E-state index contributed by atoms with van der Waals surface area (Å²) in [5, 5.41) is 1.17. The summed E-state index contributed by atoms with van der Waals surface area (Å²) in [5.74, 6) is -0.420. The highest BCUT2D eigenvalue weighted by atomic mass is 16.5. The van der Waals surface area contributed by atoms with Gasteiger partial charge in [-0.25, -0.2) is 4.79 Å². The van der Waals surface area contributed by atoms with E-state index in [1.807, 2.05) is 66.7 Å². The molecule has 3 aromatic carbocycles. The van der Waals surface area contributed by atoms with E-state index in [-0.39, 0.29) is 5.56 Å². The maximum Gasteiger partial charge on any atom is 0.340 e. The molecular formula is C26H23NO3. The van der Waals surface area contributed by atoms with E-state index in [1.54, 1.807) is 10.6 Å². The Morgan fingerprint density at radius 3 is 1.97 bits per heavy atom. The van der Waals surface area contributed by atoms with Gasteiger partial charge in [0.05, 0.1) is 19.2 Å².